The van der Waals surface area contributed by atoms with Crippen LogP contribution in [0.4, 0.5) is 4.39 Å². The highest BCUT2D eigenvalue weighted by molar-refractivity contribution is 5.92. The first-order valence-electron chi connectivity index (χ1n) is 8.99. The molecule has 1 amide bonds. The van der Waals surface area contributed by atoms with E-state index in [-0.39, 0.29) is 17.5 Å². The molecule has 0 saturated carbocycles. The number of furan rings is 1. The van der Waals surface area contributed by atoms with Crippen LogP contribution < -0.4 is 5.32 Å². The molecule has 1 atom stereocenters. The maximum absolute atomic E-state index is 13.8. The summed E-state index contributed by atoms with van der Waals surface area (Å²) >= 11 is 0. The van der Waals surface area contributed by atoms with Gasteiger partial charge in [-0.15, -0.1) is 0 Å². The Kier molecular flexibility index (Phi) is 5.87. The van der Waals surface area contributed by atoms with Crippen molar-refractivity contribution in [3.63, 3.8) is 0 Å². The number of hydrogen-bond donors (Lipinski definition) is 1. The molecule has 3 rings (SSSR count). The van der Waals surface area contributed by atoms with Gasteiger partial charge in [-0.05, 0) is 62.5 Å². The lowest BCUT2D eigenvalue weighted by atomic mass is 10.0. The predicted octanol–water partition coefficient (Wildman–Crippen LogP) is 3.94. The van der Waals surface area contributed by atoms with Crippen molar-refractivity contribution in [2.75, 3.05) is 26.2 Å². The Morgan fingerprint density at radius 3 is 2.96 bits per heavy atom. The van der Waals surface area contributed by atoms with E-state index in [0.29, 0.717) is 17.9 Å². The molecule has 1 fully saturated rings. The van der Waals surface area contributed by atoms with Crippen molar-refractivity contribution in [2.45, 2.75) is 26.2 Å². The molecule has 25 heavy (non-hydrogen) atoms. The molecule has 0 aliphatic carbocycles. The second kappa shape index (κ2) is 8.30. The number of benzene rings is 1. The van der Waals surface area contributed by atoms with E-state index in [1.54, 1.807) is 30.3 Å². The first-order chi connectivity index (χ1) is 12.1. The molecule has 0 spiro atoms. The zero-order chi connectivity index (χ0) is 17.6. The van der Waals surface area contributed by atoms with Crippen molar-refractivity contribution < 1.29 is 13.6 Å². The van der Waals surface area contributed by atoms with Crippen molar-refractivity contribution in [3.05, 3.63) is 48.0 Å². The molecule has 2 aromatic rings. The van der Waals surface area contributed by atoms with E-state index in [1.165, 1.54) is 18.9 Å². The van der Waals surface area contributed by atoms with Crippen LogP contribution >= 0.6 is 0 Å². The highest BCUT2D eigenvalue weighted by Crippen LogP contribution is 2.24. The van der Waals surface area contributed by atoms with E-state index in [9.17, 15) is 9.18 Å². The maximum atomic E-state index is 13.8. The van der Waals surface area contributed by atoms with Crippen molar-refractivity contribution in [2.24, 2.45) is 5.92 Å². The number of nitrogens with zero attached hydrogens (tertiary/aromatic N) is 1. The Morgan fingerprint density at radius 2 is 2.16 bits per heavy atom. The Labute approximate surface area is 148 Å². The molecular weight excluding hydrogens is 319 g/mol. The van der Waals surface area contributed by atoms with E-state index in [0.717, 1.165) is 32.0 Å². The van der Waals surface area contributed by atoms with E-state index in [1.807, 2.05) is 0 Å². The van der Waals surface area contributed by atoms with Crippen LogP contribution in [0.1, 0.15) is 36.7 Å². The number of nitrogens with one attached hydrogen (secondary N) is 1. The van der Waals surface area contributed by atoms with Gasteiger partial charge in [-0.3, -0.25) is 4.79 Å². The van der Waals surface area contributed by atoms with Crippen molar-refractivity contribution in [1.29, 1.82) is 0 Å². The van der Waals surface area contributed by atoms with E-state index < -0.39 is 0 Å². The molecule has 0 bridgehead atoms. The second-order valence-corrected chi connectivity index (χ2v) is 6.80. The minimum Gasteiger partial charge on any atom is -0.451 e. The van der Waals surface area contributed by atoms with Gasteiger partial charge in [0.2, 0.25) is 0 Å². The monoisotopic (exact) mass is 344 g/mol. The van der Waals surface area contributed by atoms with Gasteiger partial charge in [0.15, 0.2) is 5.76 Å². The van der Waals surface area contributed by atoms with E-state index in [4.69, 9.17) is 4.42 Å². The molecule has 1 N–H and O–H groups in total. The average molecular weight is 344 g/mol. The SMILES string of the molecule is CC1CCCN(CCCNC(=O)c2ccc(-c3ccccc3F)o2)C1. The quantitative estimate of drug-likeness (QED) is 0.808. The van der Waals surface area contributed by atoms with Gasteiger partial charge < -0.3 is 14.6 Å². The largest absolute Gasteiger partial charge is 0.451 e. The molecule has 134 valence electrons. The molecule has 1 saturated heterocycles. The van der Waals surface area contributed by atoms with Crippen LogP contribution in [0.5, 0.6) is 0 Å². The zero-order valence-corrected chi connectivity index (χ0v) is 14.6. The van der Waals surface area contributed by atoms with Gasteiger partial charge in [0.05, 0.1) is 5.56 Å². The summed E-state index contributed by atoms with van der Waals surface area (Å²) in [4.78, 5) is 14.6. The number of likely N-dealkylation sites (tertiary alicyclic amines) is 1. The molecular formula is C20H25FN2O2. The summed E-state index contributed by atoms with van der Waals surface area (Å²) in [6.45, 7) is 6.21. The van der Waals surface area contributed by atoms with Gasteiger partial charge >= 0.3 is 0 Å². The molecule has 4 nitrogen and oxygen atoms in total. The molecule has 0 radical (unpaired) electrons. The fraction of sp³-hybridized carbons (Fsp3) is 0.450. The van der Waals surface area contributed by atoms with Crippen molar-refractivity contribution in [1.82, 2.24) is 10.2 Å². The van der Waals surface area contributed by atoms with Crippen LogP contribution in [-0.2, 0) is 0 Å². The summed E-state index contributed by atoms with van der Waals surface area (Å²) in [6, 6.07) is 9.58. The van der Waals surface area contributed by atoms with Crippen molar-refractivity contribution in [3.8, 4) is 11.3 Å². The summed E-state index contributed by atoms with van der Waals surface area (Å²) in [7, 11) is 0. The molecule has 2 heterocycles. The molecule has 1 aliphatic rings. The van der Waals surface area contributed by atoms with Crippen LogP contribution in [0.15, 0.2) is 40.8 Å². The summed E-state index contributed by atoms with van der Waals surface area (Å²) in [5.41, 5.74) is 0.362. The van der Waals surface area contributed by atoms with Gasteiger partial charge in [0, 0.05) is 13.1 Å². The van der Waals surface area contributed by atoms with Crippen LogP contribution in [0.2, 0.25) is 0 Å². The number of piperidine rings is 1. The van der Waals surface area contributed by atoms with Crippen molar-refractivity contribution >= 4 is 5.91 Å². The number of amides is 1. The standard InChI is InChI=1S/C20H25FN2O2/c1-15-6-4-12-23(14-15)13-5-11-22-20(24)19-10-9-18(25-19)16-7-2-3-8-17(16)21/h2-3,7-10,15H,4-6,11-14H2,1H3,(H,22,24). The highest BCUT2D eigenvalue weighted by atomic mass is 19.1. The van der Waals surface area contributed by atoms with Gasteiger partial charge in [-0.2, -0.15) is 0 Å². The van der Waals surface area contributed by atoms with Gasteiger partial charge in [-0.25, -0.2) is 4.39 Å². The minimum absolute atomic E-state index is 0.213. The molecule has 1 aromatic heterocycles. The normalized spacial score (nSPS) is 18.2. The average Bonchev–Trinajstić information content (AvgIpc) is 3.09. The number of hydrogen-bond acceptors (Lipinski definition) is 3. The van der Waals surface area contributed by atoms with Crippen LogP contribution in [0, 0.1) is 11.7 Å². The fourth-order valence-electron chi connectivity index (χ4n) is 3.35. The maximum Gasteiger partial charge on any atom is 0.287 e. The fourth-order valence-corrected chi connectivity index (χ4v) is 3.35. The van der Waals surface area contributed by atoms with Crippen LogP contribution in [0.25, 0.3) is 11.3 Å². The molecule has 1 aliphatic heterocycles. The first kappa shape index (κ1) is 17.7. The lowest BCUT2D eigenvalue weighted by molar-refractivity contribution is 0.0923. The van der Waals surface area contributed by atoms with Gasteiger partial charge in [0.25, 0.3) is 5.91 Å². The lowest BCUT2D eigenvalue weighted by Gasteiger charge is -2.30. The third-order valence-corrected chi connectivity index (χ3v) is 4.65. The first-order valence-corrected chi connectivity index (χ1v) is 8.99. The summed E-state index contributed by atoms with van der Waals surface area (Å²) in [6.07, 6.45) is 3.49. The Morgan fingerprint density at radius 1 is 1.32 bits per heavy atom. The minimum atomic E-state index is -0.362. The Hall–Kier alpha value is -2.14. The third kappa shape index (κ3) is 4.69. The Bertz CT molecular complexity index is 713. The summed E-state index contributed by atoms with van der Waals surface area (Å²) in [5.74, 6) is 0.729. The molecule has 5 heteroatoms. The molecule has 1 aromatic carbocycles. The van der Waals surface area contributed by atoms with E-state index in [2.05, 4.69) is 17.1 Å². The van der Waals surface area contributed by atoms with Crippen LogP contribution in [-0.4, -0.2) is 37.0 Å². The predicted molar refractivity (Wildman–Crippen MR) is 95.9 cm³/mol. The third-order valence-electron chi connectivity index (χ3n) is 4.65. The number of rotatable bonds is 6. The Balaban J connectivity index is 1.47. The number of carbonyl (C=O) groups is 1. The smallest absolute Gasteiger partial charge is 0.287 e. The highest BCUT2D eigenvalue weighted by Gasteiger charge is 2.16. The second-order valence-electron chi connectivity index (χ2n) is 6.80. The summed E-state index contributed by atoms with van der Waals surface area (Å²) in [5, 5.41) is 2.88. The number of carbonyl (C=O) groups excluding carboxylic acids is 1. The topological polar surface area (TPSA) is 45.5 Å². The van der Waals surface area contributed by atoms with Gasteiger partial charge in [-0.1, -0.05) is 19.1 Å². The summed E-state index contributed by atoms with van der Waals surface area (Å²) < 4.78 is 19.3. The van der Waals surface area contributed by atoms with E-state index >= 15 is 0 Å². The lowest BCUT2D eigenvalue weighted by Crippen LogP contribution is -2.36. The molecule has 1 unspecified atom stereocenters. The van der Waals surface area contributed by atoms with Gasteiger partial charge in [0.1, 0.15) is 11.6 Å². The van der Waals surface area contributed by atoms with Crippen LogP contribution in [0.3, 0.4) is 0 Å². The number of halogens is 1. The zero-order valence-electron chi connectivity index (χ0n) is 14.6.